The Morgan fingerprint density at radius 3 is 2.86 bits per heavy atom. The van der Waals surface area contributed by atoms with Gasteiger partial charge < -0.3 is 0 Å². The summed E-state index contributed by atoms with van der Waals surface area (Å²) in [5.41, 5.74) is 2.36. The van der Waals surface area contributed by atoms with Crippen molar-refractivity contribution in [2.45, 2.75) is 33.2 Å². The van der Waals surface area contributed by atoms with Gasteiger partial charge in [-0.3, -0.25) is 0 Å². The van der Waals surface area contributed by atoms with Gasteiger partial charge >= 0.3 is 0 Å². The van der Waals surface area contributed by atoms with Crippen molar-refractivity contribution >= 4 is 0 Å². The topological polar surface area (TPSA) is 54.5 Å². The van der Waals surface area contributed by atoms with Crippen LogP contribution >= 0.6 is 0 Å². The van der Waals surface area contributed by atoms with E-state index in [2.05, 4.69) is 23.8 Å². The molecular formula is C10H14N4. The highest BCUT2D eigenvalue weighted by Crippen LogP contribution is 2.08. The van der Waals surface area contributed by atoms with Crippen LogP contribution in [-0.4, -0.2) is 15.0 Å². The molecule has 0 atom stereocenters. The number of hydrogen-bond donors (Lipinski definition) is 0. The van der Waals surface area contributed by atoms with E-state index in [4.69, 9.17) is 5.26 Å². The minimum atomic E-state index is 0.438. The van der Waals surface area contributed by atoms with Crippen molar-refractivity contribution in [1.29, 1.82) is 5.26 Å². The van der Waals surface area contributed by atoms with Crippen LogP contribution in [0.25, 0.3) is 0 Å². The Kier molecular flexibility index (Phi) is 3.41. The second kappa shape index (κ2) is 4.56. The molecule has 0 N–H and O–H groups in total. The normalized spacial score (nSPS) is 9.79. The molecular weight excluding hydrogens is 176 g/mol. The molecule has 0 saturated carbocycles. The summed E-state index contributed by atoms with van der Waals surface area (Å²) in [6.07, 6.45) is 1.82. The summed E-state index contributed by atoms with van der Waals surface area (Å²) >= 11 is 0. The van der Waals surface area contributed by atoms with Gasteiger partial charge in [-0.1, -0.05) is 30.7 Å². The van der Waals surface area contributed by atoms with Gasteiger partial charge in [0.05, 0.1) is 12.2 Å². The molecule has 1 aromatic heterocycles. The minimum absolute atomic E-state index is 0.438. The lowest BCUT2D eigenvalue weighted by atomic mass is 10.2. The Morgan fingerprint density at radius 2 is 2.36 bits per heavy atom. The maximum Gasteiger partial charge on any atom is 0.185 e. The zero-order valence-corrected chi connectivity index (χ0v) is 8.62. The average Bonchev–Trinajstić information content (AvgIpc) is 2.48. The Labute approximate surface area is 83.8 Å². The van der Waals surface area contributed by atoms with E-state index >= 15 is 0 Å². The molecule has 0 aliphatic heterocycles. The number of rotatable bonds is 4. The zero-order valence-electron chi connectivity index (χ0n) is 8.62. The summed E-state index contributed by atoms with van der Waals surface area (Å²) < 4.78 is 1.75. The lowest BCUT2D eigenvalue weighted by Crippen LogP contribution is -2.06. The third kappa shape index (κ3) is 2.19. The van der Waals surface area contributed by atoms with Gasteiger partial charge in [0.15, 0.2) is 5.69 Å². The molecule has 1 heterocycles. The second-order valence-electron chi connectivity index (χ2n) is 3.36. The van der Waals surface area contributed by atoms with Crippen molar-refractivity contribution in [3.8, 4) is 6.07 Å². The van der Waals surface area contributed by atoms with Gasteiger partial charge in [0.2, 0.25) is 0 Å². The van der Waals surface area contributed by atoms with Gasteiger partial charge in [-0.25, -0.2) is 4.68 Å². The minimum Gasteiger partial charge on any atom is -0.244 e. The molecule has 0 bridgehead atoms. The van der Waals surface area contributed by atoms with Crippen molar-refractivity contribution < 1.29 is 0 Å². The van der Waals surface area contributed by atoms with Crippen molar-refractivity contribution in [2.24, 2.45) is 0 Å². The van der Waals surface area contributed by atoms with E-state index in [0.717, 1.165) is 24.1 Å². The molecule has 0 aromatic carbocycles. The van der Waals surface area contributed by atoms with Crippen LogP contribution in [0.2, 0.25) is 0 Å². The van der Waals surface area contributed by atoms with Crippen LogP contribution in [0.3, 0.4) is 0 Å². The third-order valence-corrected chi connectivity index (χ3v) is 1.85. The lowest BCUT2D eigenvalue weighted by Gasteiger charge is -2.04. The first-order chi connectivity index (χ1) is 6.69. The number of nitrogens with zero attached hydrogens (tertiary/aromatic N) is 4. The fourth-order valence-electron chi connectivity index (χ4n) is 1.29. The summed E-state index contributed by atoms with van der Waals surface area (Å²) in [6.45, 7) is 8.46. The monoisotopic (exact) mass is 190 g/mol. The molecule has 1 aromatic rings. The number of nitriles is 1. The third-order valence-electron chi connectivity index (χ3n) is 1.85. The maximum absolute atomic E-state index is 8.80. The van der Waals surface area contributed by atoms with Gasteiger partial charge in [0, 0.05) is 0 Å². The maximum atomic E-state index is 8.80. The highest BCUT2D eigenvalue weighted by Gasteiger charge is 2.10. The number of hydrogen-bond acceptors (Lipinski definition) is 3. The predicted octanol–water partition coefficient (Wildman–Crippen LogP) is 1.68. The van der Waals surface area contributed by atoms with E-state index in [1.54, 1.807) is 4.68 Å². The first kappa shape index (κ1) is 10.5. The van der Waals surface area contributed by atoms with Crippen LogP contribution < -0.4 is 0 Å². The lowest BCUT2D eigenvalue weighted by molar-refractivity contribution is 0.608. The largest absolute Gasteiger partial charge is 0.244 e. The molecule has 0 fully saturated rings. The van der Waals surface area contributed by atoms with Crippen molar-refractivity contribution in [3.63, 3.8) is 0 Å². The van der Waals surface area contributed by atoms with Crippen LogP contribution in [0.1, 0.15) is 31.7 Å². The SMILES string of the molecule is C=C(C)Cn1nnc(C#N)c1CCC. The zero-order chi connectivity index (χ0) is 10.6. The molecule has 74 valence electrons. The molecule has 0 aliphatic carbocycles. The fraction of sp³-hybridized carbons (Fsp3) is 0.500. The summed E-state index contributed by atoms with van der Waals surface area (Å²) in [5.74, 6) is 0. The molecule has 0 spiro atoms. The van der Waals surface area contributed by atoms with Crippen LogP contribution in [0.5, 0.6) is 0 Å². The molecule has 0 radical (unpaired) electrons. The van der Waals surface area contributed by atoms with E-state index in [9.17, 15) is 0 Å². The standard InChI is InChI=1S/C10H14N4/c1-4-5-10-9(6-11)12-13-14(10)7-8(2)3/h2,4-5,7H2,1,3H3. The molecule has 14 heavy (non-hydrogen) atoms. The van der Waals surface area contributed by atoms with Crippen LogP contribution in [0.15, 0.2) is 12.2 Å². The fourth-order valence-corrected chi connectivity index (χ4v) is 1.29. The van der Waals surface area contributed by atoms with Gasteiger partial charge in [0.1, 0.15) is 6.07 Å². The Morgan fingerprint density at radius 1 is 1.64 bits per heavy atom. The van der Waals surface area contributed by atoms with E-state index in [1.165, 1.54) is 0 Å². The van der Waals surface area contributed by atoms with E-state index < -0.39 is 0 Å². The highest BCUT2D eigenvalue weighted by molar-refractivity contribution is 5.25. The summed E-state index contributed by atoms with van der Waals surface area (Å²) in [6, 6.07) is 2.05. The quantitative estimate of drug-likeness (QED) is 0.679. The summed E-state index contributed by atoms with van der Waals surface area (Å²) in [4.78, 5) is 0. The van der Waals surface area contributed by atoms with Crippen molar-refractivity contribution in [1.82, 2.24) is 15.0 Å². The first-order valence-corrected chi connectivity index (χ1v) is 4.65. The summed E-state index contributed by atoms with van der Waals surface area (Å²) in [7, 11) is 0. The van der Waals surface area contributed by atoms with Crippen molar-refractivity contribution in [3.05, 3.63) is 23.5 Å². The molecule has 0 saturated heterocycles. The van der Waals surface area contributed by atoms with E-state index in [1.807, 2.05) is 13.0 Å². The van der Waals surface area contributed by atoms with Crippen LogP contribution in [0, 0.1) is 11.3 Å². The molecule has 0 amide bonds. The van der Waals surface area contributed by atoms with Crippen LogP contribution in [0.4, 0.5) is 0 Å². The first-order valence-electron chi connectivity index (χ1n) is 4.65. The number of aromatic nitrogens is 3. The smallest absolute Gasteiger partial charge is 0.185 e. The predicted molar refractivity (Wildman–Crippen MR) is 53.5 cm³/mol. The Hall–Kier alpha value is -1.63. The summed E-state index contributed by atoms with van der Waals surface area (Å²) in [5, 5.41) is 16.6. The van der Waals surface area contributed by atoms with E-state index in [-0.39, 0.29) is 0 Å². The molecule has 4 heteroatoms. The van der Waals surface area contributed by atoms with Crippen LogP contribution in [-0.2, 0) is 13.0 Å². The molecule has 1 rings (SSSR count). The second-order valence-corrected chi connectivity index (χ2v) is 3.36. The number of allylic oxidation sites excluding steroid dienone is 1. The molecule has 0 aliphatic rings. The molecule has 0 unspecified atom stereocenters. The van der Waals surface area contributed by atoms with E-state index in [0.29, 0.717) is 12.2 Å². The van der Waals surface area contributed by atoms with Crippen molar-refractivity contribution in [2.75, 3.05) is 0 Å². The molecule has 4 nitrogen and oxygen atoms in total. The Balaban J connectivity index is 2.99. The van der Waals surface area contributed by atoms with Gasteiger partial charge in [-0.15, -0.1) is 5.10 Å². The van der Waals surface area contributed by atoms with Gasteiger partial charge in [0.25, 0.3) is 0 Å². The highest BCUT2D eigenvalue weighted by atomic mass is 15.4. The van der Waals surface area contributed by atoms with Gasteiger partial charge in [-0.2, -0.15) is 5.26 Å². The average molecular weight is 190 g/mol. The Bertz CT molecular complexity index is 370. The van der Waals surface area contributed by atoms with Gasteiger partial charge in [-0.05, 0) is 13.3 Å².